The molecule has 8 heteroatoms. The molecule has 0 saturated heterocycles. The summed E-state index contributed by atoms with van der Waals surface area (Å²) in [6.45, 7) is 1.87. The van der Waals surface area contributed by atoms with Gasteiger partial charge in [0.2, 0.25) is 0 Å². The summed E-state index contributed by atoms with van der Waals surface area (Å²) in [6.07, 6.45) is -4.70. The van der Waals surface area contributed by atoms with E-state index in [4.69, 9.17) is 0 Å². The highest BCUT2D eigenvalue weighted by atomic mass is 19.4. The second-order valence-electron chi connectivity index (χ2n) is 4.13. The van der Waals surface area contributed by atoms with E-state index in [9.17, 15) is 27.9 Å². The van der Waals surface area contributed by atoms with Crippen molar-refractivity contribution in [3.8, 4) is 0 Å². The second-order valence-corrected chi connectivity index (χ2v) is 4.13. The number of anilines is 1. The Morgan fingerprint density at radius 1 is 1.33 bits per heavy atom. The molecule has 116 valence electrons. The number of carbonyl (C=O) groups is 2. The maximum absolute atomic E-state index is 12.8. The number of hydrogen-bond donors (Lipinski definition) is 1. The number of rotatable bonds is 5. The van der Waals surface area contributed by atoms with Gasteiger partial charge >= 0.3 is 12.3 Å². The van der Waals surface area contributed by atoms with E-state index in [0.717, 1.165) is 18.6 Å². The molecule has 1 rings (SSSR count). The highest BCUT2D eigenvalue weighted by Gasteiger charge is 2.35. The maximum atomic E-state index is 12.8. The van der Waals surface area contributed by atoms with Gasteiger partial charge in [-0.2, -0.15) is 13.2 Å². The fraction of sp³-hybridized carbons (Fsp3) is 0.385. The largest absolute Gasteiger partial charge is 0.545 e. The quantitative estimate of drug-likeness (QED) is 0.847. The average Bonchev–Trinajstić information content (AvgIpc) is 2.37. The van der Waals surface area contributed by atoms with Crippen LogP contribution in [0.1, 0.15) is 35.7 Å². The van der Waals surface area contributed by atoms with Gasteiger partial charge in [-0.25, -0.2) is 4.79 Å². The van der Waals surface area contributed by atoms with Gasteiger partial charge in [-0.3, -0.25) is 5.32 Å². The fourth-order valence-corrected chi connectivity index (χ4v) is 1.54. The molecule has 0 bridgehead atoms. The molecule has 1 aromatic carbocycles. The Morgan fingerprint density at radius 2 is 2.00 bits per heavy atom. The molecule has 0 fully saturated rings. The first-order valence-corrected chi connectivity index (χ1v) is 6.12. The molecule has 0 aromatic heterocycles. The van der Waals surface area contributed by atoms with E-state index in [1.165, 1.54) is 0 Å². The number of carboxylic acids is 1. The Balaban J connectivity index is 3.07. The van der Waals surface area contributed by atoms with Crippen molar-refractivity contribution in [1.29, 1.82) is 0 Å². The minimum absolute atomic E-state index is 0.0250. The zero-order valence-electron chi connectivity index (χ0n) is 11.1. The molecule has 0 heterocycles. The van der Waals surface area contributed by atoms with Gasteiger partial charge in [0.15, 0.2) is 0 Å². The van der Waals surface area contributed by atoms with Crippen molar-refractivity contribution in [2.75, 3.05) is 11.9 Å². The van der Waals surface area contributed by atoms with E-state index in [2.05, 4.69) is 4.74 Å². The number of unbranched alkanes of at least 4 members (excludes halogenated alkanes) is 1. The second kappa shape index (κ2) is 6.96. The average molecular weight is 304 g/mol. The van der Waals surface area contributed by atoms with Gasteiger partial charge in [-0.15, -0.1) is 0 Å². The summed E-state index contributed by atoms with van der Waals surface area (Å²) in [7, 11) is 0. The van der Waals surface area contributed by atoms with Gasteiger partial charge < -0.3 is 14.6 Å². The molecule has 0 atom stereocenters. The molecule has 0 saturated carbocycles. The fourth-order valence-electron chi connectivity index (χ4n) is 1.54. The lowest BCUT2D eigenvalue weighted by Crippen LogP contribution is -2.27. The van der Waals surface area contributed by atoms with Gasteiger partial charge in [-0.05, 0) is 12.5 Å². The van der Waals surface area contributed by atoms with Gasteiger partial charge in [-0.1, -0.05) is 25.5 Å². The molecule has 21 heavy (non-hydrogen) atoms. The van der Waals surface area contributed by atoms with Crippen LogP contribution >= 0.6 is 0 Å². The molecule has 5 nitrogen and oxygen atoms in total. The van der Waals surface area contributed by atoms with Gasteiger partial charge in [0.1, 0.15) is 0 Å². The van der Waals surface area contributed by atoms with E-state index in [1.807, 2.05) is 12.2 Å². The van der Waals surface area contributed by atoms with Crippen LogP contribution in [0.5, 0.6) is 0 Å². The van der Waals surface area contributed by atoms with Crippen LogP contribution in [0, 0.1) is 0 Å². The van der Waals surface area contributed by atoms with E-state index >= 15 is 0 Å². The lowest BCUT2D eigenvalue weighted by Gasteiger charge is -2.18. The van der Waals surface area contributed by atoms with Gasteiger partial charge in [0, 0.05) is 5.56 Å². The van der Waals surface area contributed by atoms with E-state index in [-0.39, 0.29) is 6.61 Å². The normalized spacial score (nSPS) is 11.0. The van der Waals surface area contributed by atoms with Crippen LogP contribution in [0.15, 0.2) is 18.2 Å². The van der Waals surface area contributed by atoms with Gasteiger partial charge in [0.05, 0.1) is 23.8 Å². The predicted octanol–water partition coefficient (Wildman–Crippen LogP) is 2.42. The number of aromatic carboxylic acids is 1. The summed E-state index contributed by atoms with van der Waals surface area (Å²) >= 11 is 0. The Bertz CT molecular complexity index is 529. The highest BCUT2D eigenvalue weighted by Crippen LogP contribution is 2.36. The van der Waals surface area contributed by atoms with Crippen LogP contribution in [0.25, 0.3) is 0 Å². The molecule has 0 aliphatic heterocycles. The number of amides is 1. The molecule has 0 radical (unpaired) electrons. The molecular formula is C13H13F3NO4-. The number of nitrogens with one attached hydrogen (secondary N) is 1. The molecule has 1 N–H and O–H groups in total. The van der Waals surface area contributed by atoms with Crippen molar-refractivity contribution in [3.05, 3.63) is 29.3 Å². The number of carboxylic acid groups (broad SMARTS) is 1. The molecule has 0 unspecified atom stereocenters. The van der Waals surface area contributed by atoms with Crippen molar-refractivity contribution < 1.29 is 32.6 Å². The van der Waals surface area contributed by atoms with E-state index in [1.54, 1.807) is 0 Å². The molecular weight excluding hydrogens is 291 g/mol. The lowest BCUT2D eigenvalue weighted by molar-refractivity contribution is -0.254. The molecule has 1 aromatic rings. The molecule has 0 spiro atoms. The van der Waals surface area contributed by atoms with Crippen molar-refractivity contribution >= 4 is 17.7 Å². The topological polar surface area (TPSA) is 78.5 Å². The van der Waals surface area contributed by atoms with Crippen molar-refractivity contribution in [2.45, 2.75) is 25.9 Å². The zero-order valence-corrected chi connectivity index (χ0v) is 11.1. The number of ether oxygens (including phenoxy) is 1. The Kier molecular flexibility index (Phi) is 5.57. The number of benzene rings is 1. The van der Waals surface area contributed by atoms with Crippen LogP contribution < -0.4 is 10.4 Å². The Hall–Kier alpha value is -2.25. The molecule has 0 aliphatic rings. The van der Waals surface area contributed by atoms with Crippen molar-refractivity contribution in [1.82, 2.24) is 0 Å². The summed E-state index contributed by atoms with van der Waals surface area (Å²) in [5.74, 6) is -1.83. The summed E-state index contributed by atoms with van der Waals surface area (Å²) in [5.41, 5.74) is -2.93. The molecule has 0 aliphatic carbocycles. The third-order valence-electron chi connectivity index (χ3n) is 2.55. The van der Waals surface area contributed by atoms with Gasteiger partial charge in [0.25, 0.3) is 0 Å². The number of hydrogen-bond acceptors (Lipinski definition) is 4. The standard InChI is InChI=1S/C13H14F3NO4/c1-2-3-7-21-12(20)17-10-8(11(18)19)5-4-6-9(10)13(14,15)16/h4-6H,2-3,7H2,1H3,(H,17,20)(H,18,19)/p-1. The lowest BCUT2D eigenvalue weighted by atomic mass is 10.1. The Morgan fingerprint density at radius 3 is 2.52 bits per heavy atom. The summed E-state index contributed by atoms with van der Waals surface area (Å²) < 4.78 is 43.2. The van der Waals surface area contributed by atoms with Crippen molar-refractivity contribution in [2.24, 2.45) is 0 Å². The SMILES string of the molecule is CCCCOC(=O)Nc1c(C(=O)[O-])cccc1C(F)(F)F. The highest BCUT2D eigenvalue weighted by molar-refractivity contribution is 5.99. The van der Waals surface area contributed by atoms with E-state index in [0.29, 0.717) is 12.5 Å². The minimum atomic E-state index is -4.82. The predicted molar refractivity (Wildman–Crippen MR) is 65.7 cm³/mol. The number of halogens is 3. The Labute approximate surface area is 118 Å². The first-order valence-electron chi connectivity index (χ1n) is 6.12. The van der Waals surface area contributed by atoms with Crippen LogP contribution in [-0.2, 0) is 10.9 Å². The number of para-hydroxylation sites is 1. The first kappa shape index (κ1) is 16.8. The maximum Gasteiger partial charge on any atom is 0.418 e. The van der Waals surface area contributed by atoms with Crippen LogP contribution in [0.2, 0.25) is 0 Å². The van der Waals surface area contributed by atoms with Crippen LogP contribution in [0.4, 0.5) is 23.7 Å². The number of alkyl halides is 3. The minimum Gasteiger partial charge on any atom is -0.545 e. The molecule has 1 amide bonds. The summed E-state index contributed by atoms with van der Waals surface area (Å²) in [4.78, 5) is 22.3. The summed E-state index contributed by atoms with van der Waals surface area (Å²) in [5, 5.41) is 12.7. The third-order valence-corrected chi connectivity index (χ3v) is 2.55. The number of carbonyl (C=O) groups excluding carboxylic acids is 2. The summed E-state index contributed by atoms with van der Waals surface area (Å²) in [6, 6.07) is 2.49. The van der Waals surface area contributed by atoms with Crippen LogP contribution in [0.3, 0.4) is 0 Å². The first-order chi connectivity index (χ1) is 9.77. The monoisotopic (exact) mass is 304 g/mol. The van der Waals surface area contributed by atoms with Crippen LogP contribution in [-0.4, -0.2) is 18.7 Å². The van der Waals surface area contributed by atoms with Crippen molar-refractivity contribution in [3.63, 3.8) is 0 Å². The third kappa shape index (κ3) is 4.66. The smallest absolute Gasteiger partial charge is 0.418 e. The van der Waals surface area contributed by atoms with E-state index < -0.39 is 35.1 Å². The zero-order chi connectivity index (χ0) is 16.0.